The molecule has 2 heteroatoms. The molecule has 0 spiro atoms. The molecule has 0 atom stereocenters. The molecule has 2 heterocycles. The lowest BCUT2D eigenvalue weighted by Gasteiger charge is -2.28. The number of ether oxygens (including phenoxy) is 1. The summed E-state index contributed by atoms with van der Waals surface area (Å²) >= 11 is 0. The van der Waals surface area contributed by atoms with Crippen molar-refractivity contribution in [1.29, 1.82) is 0 Å². The lowest BCUT2D eigenvalue weighted by molar-refractivity contribution is -0.659. The van der Waals surface area contributed by atoms with Gasteiger partial charge in [-0.1, -0.05) is 71.9 Å². The van der Waals surface area contributed by atoms with E-state index < -0.39 is 0 Å². The number of hydrogen-bond donors (Lipinski definition) is 0. The largest absolute Gasteiger partial charge is 0.455 e. The number of pyridine rings is 1. The van der Waals surface area contributed by atoms with Gasteiger partial charge in [0.25, 0.3) is 0 Å². The molecule has 0 saturated carbocycles. The molecular formula is C31H36NO+. The van der Waals surface area contributed by atoms with Crippen molar-refractivity contribution in [3.8, 4) is 22.8 Å². The molecule has 0 unspecified atom stereocenters. The topological polar surface area (TPSA) is 13.1 Å². The van der Waals surface area contributed by atoms with Gasteiger partial charge in [-0.15, -0.1) is 0 Å². The average Bonchev–Trinajstić information content (AvgIpc) is 2.71. The number of aryl methyl sites for hydroxylation is 2. The van der Waals surface area contributed by atoms with Gasteiger partial charge in [0.15, 0.2) is 6.20 Å². The summed E-state index contributed by atoms with van der Waals surface area (Å²) in [7, 11) is 2.16. The van der Waals surface area contributed by atoms with Crippen LogP contribution in [0.3, 0.4) is 0 Å². The minimum atomic E-state index is 0.151. The highest BCUT2D eigenvalue weighted by molar-refractivity contribution is 6.06. The Morgan fingerprint density at radius 1 is 0.848 bits per heavy atom. The summed E-state index contributed by atoms with van der Waals surface area (Å²) in [6.07, 6.45) is 4.19. The quantitative estimate of drug-likeness (QED) is 0.254. The summed E-state index contributed by atoms with van der Waals surface area (Å²) in [6, 6.07) is 15.7. The van der Waals surface area contributed by atoms with E-state index in [1.807, 2.05) is 0 Å². The van der Waals surface area contributed by atoms with Crippen LogP contribution in [0.25, 0.3) is 32.8 Å². The van der Waals surface area contributed by atoms with Crippen molar-refractivity contribution >= 4 is 21.5 Å². The normalized spacial score (nSPS) is 13.3. The van der Waals surface area contributed by atoms with Gasteiger partial charge >= 0.3 is 0 Å². The van der Waals surface area contributed by atoms with Gasteiger partial charge in [0.1, 0.15) is 18.5 Å². The zero-order chi connectivity index (χ0) is 23.7. The van der Waals surface area contributed by atoms with Gasteiger partial charge in [-0.05, 0) is 63.9 Å². The van der Waals surface area contributed by atoms with Crippen LogP contribution in [-0.4, -0.2) is 0 Å². The molecule has 3 aromatic carbocycles. The summed E-state index contributed by atoms with van der Waals surface area (Å²) in [5, 5.41) is 5.12. The fourth-order valence-corrected chi connectivity index (χ4v) is 5.49. The summed E-state index contributed by atoms with van der Waals surface area (Å²) < 4.78 is 9.19. The Balaban J connectivity index is 1.89. The van der Waals surface area contributed by atoms with E-state index in [2.05, 4.69) is 109 Å². The van der Waals surface area contributed by atoms with Crippen molar-refractivity contribution in [2.75, 3.05) is 0 Å². The van der Waals surface area contributed by atoms with Crippen molar-refractivity contribution in [3.05, 3.63) is 65.4 Å². The minimum absolute atomic E-state index is 0.151. The van der Waals surface area contributed by atoms with Crippen LogP contribution in [0.15, 0.2) is 48.7 Å². The molecule has 0 fully saturated rings. The molecule has 0 N–H and O–H groups in total. The average molecular weight is 439 g/mol. The molecule has 170 valence electrons. The van der Waals surface area contributed by atoms with Gasteiger partial charge in [-0.2, -0.15) is 0 Å². The van der Waals surface area contributed by atoms with Crippen molar-refractivity contribution < 1.29 is 9.30 Å². The van der Waals surface area contributed by atoms with Crippen LogP contribution in [-0.2, 0) is 19.9 Å². The van der Waals surface area contributed by atoms with Gasteiger partial charge in [0.05, 0.1) is 10.9 Å². The van der Waals surface area contributed by atoms with Crippen molar-refractivity contribution in [2.24, 2.45) is 17.9 Å². The maximum Gasteiger partial charge on any atom is 0.228 e. The monoisotopic (exact) mass is 438 g/mol. The Kier molecular flexibility index (Phi) is 4.87. The Morgan fingerprint density at radius 2 is 1.52 bits per heavy atom. The zero-order valence-corrected chi connectivity index (χ0v) is 21.4. The van der Waals surface area contributed by atoms with Gasteiger partial charge in [0.2, 0.25) is 5.69 Å². The van der Waals surface area contributed by atoms with Crippen LogP contribution >= 0.6 is 0 Å². The highest BCUT2D eigenvalue weighted by Crippen LogP contribution is 2.51. The van der Waals surface area contributed by atoms with Crippen LogP contribution in [0.2, 0.25) is 0 Å². The summed E-state index contributed by atoms with van der Waals surface area (Å²) in [4.78, 5) is 0. The molecule has 2 nitrogen and oxygen atoms in total. The first-order valence-electron chi connectivity index (χ1n) is 12.1. The van der Waals surface area contributed by atoms with E-state index in [4.69, 9.17) is 4.74 Å². The SMILES string of the molecule is Cc1c2c(c(CC(C)(C)C)c3ccccc13)Oc1cc(CC(C)(C)C)cc3cc[n+](C)c-2c13. The summed E-state index contributed by atoms with van der Waals surface area (Å²) in [6.45, 7) is 16.1. The third kappa shape index (κ3) is 3.80. The summed E-state index contributed by atoms with van der Waals surface area (Å²) in [5.74, 6) is 2.04. The maximum absolute atomic E-state index is 6.91. The molecule has 0 saturated heterocycles. The molecule has 0 bridgehead atoms. The van der Waals surface area contributed by atoms with E-state index in [1.54, 1.807) is 0 Å². The first kappa shape index (κ1) is 21.9. The summed E-state index contributed by atoms with van der Waals surface area (Å²) in [5.41, 5.74) is 6.84. The second kappa shape index (κ2) is 7.32. The Labute approximate surface area is 198 Å². The van der Waals surface area contributed by atoms with E-state index >= 15 is 0 Å². The van der Waals surface area contributed by atoms with Crippen LogP contribution in [0.4, 0.5) is 0 Å². The maximum atomic E-state index is 6.91. The van der Waals surface area contributed by atoms with Crippen LogP contribution < -0.4 is 9.30 Å². The molecule has 1 aliphatic rings. The fraction of sp³-hybridized carbons (Fsp3) is 0.387. The van der Waals surface area contributed by atoms with Gasteiger partial charge in [-0.3, -0.25) is 0 Å². The van der Waals surface area contributed by atoms with Gasteiger partial charge < -0.3 is 4.74 Å². The lowest BCUT2D eigenvalue weighted by atomic mass is 9.81. The molecule has 33 heavy (non-hydrogen) atoms. The fourth-order valence-electron chi connectivity index (χ4n) is 5.49. The lowest BCUT2D eigenvalue weighted by Crippen LogP contribution is -2.32. The molecular weight excluding hydrogens is 402 g/mol. The third-order valence-electron chi connectivity index (χ3n) is 6.68. The van der Waals surface area contributed by atoms with Gasteiger partial charge in [-0.25, -0.2) is 4.57 Å². The smallest absolute Gasteiger partial charge is 0.228 e. The number of rotatable bonds is 2. The first-order valence-corrected chi connectivity index (χ1v) is 12.1. The highest BCUT2D eigenvalue weighted by Gasteiger charge is 2.34. The van der Waals surface area contributed by atoms with E-state index in [9.17, 15) is 0 Å². The van der Waals surface area contributed by atoms with Crippen molar-refractivity contribution in [2.45, 2.75) is 61.3 Å². The Morgan fingerprint density at radius 3 is 2.18 bits per heavy atom. The number of benzene rings is 3. The molecule has 0 aliphatic carbocycles. The number of hydrogen-bond acceptors (Lipinski definition) is 1. The standard InChI is InChI=1S/C31H36NO/c1-19-22-11-9-10-12-23(22)24(18-31(5,6)7)29-26(19)28-27-21(13-14-32(28)8)15-20(16-25(27)33-29)17-30(2,3)4/h9-16H,17-18H2,1-8H3/q+1. The first-order chi connectivity index (χ1) is 15.4. The Bertz CT molecular complexity index is 1410. The number of fused-ring (bicyclic) bond motifs is 3. The van der Waals surface area contributed by atoms with Crippen molar-refractivity contribution in [3.63, 3.8) is 0 Å². The molecule has 4 aromatic rings. The van der Waals surface area contributed by atoms with Crippen LogP contribution in [0.1, 0.15) is 58.2 Å². The van der Waals surface area contributed by atoms with E-state index in [-0.39, 0.29) is 10.8 Å². The molecule has 5 rings (SSSR count). The van der Waals surface area contributed by atoms with Crippen LogP contribution in [0.5, 0.6) is 11.5 Å². The second-order valence-electron chi connectivity index (χ2n) is 12.3. The second-order valence-corrected chi connectivity index (χ2v) is 12.3. The molecule has 1 aromatic heterocycles. The third-order valence-corrected chi connectivity index (χ3v) is 6.68. The zero-order valence-electron chi connectivity index (χ0n) is 21.4. The number of aromatic nitrogens is 1. The van der Waals surface area contributed by atoms with E-state index in [0.717, 1.165) is 24.3 Å². The highest BCUT2D eigenvalue weighted by atomic mass is 16.5. The predicted octanol–water partition coefficient (Wildman–Crippen LogP) is 8.08. The minimum Gasteiger partial charge on any atom is -0.455 e. The van der Waals surface area contributed by atoms with E-state index in [1.165, 1.54) is 49.5 Å². The molecule has 0 radical (unpaired) electrons. The molecule has 0 amide bonds. The number of nitrogens with zero attached hydrogens (tertiary/aromatic N) is 1. The van der Waals surface area contributed by atoms with Crippen molar-refractivity contribution in [1.82, 2.24) is 0 Å². The predicted molar refractivity (Wildman–Crippen MR) is 139 cm³/mol. The van der Waals surface area contributed by atoms with Crippen LogP contribution in [0, 0.1) is 17.8 Å². The van der Waals surface area contributed by atoms with Gasteiger partial charge in [0, 0.05) is 11.6 Å². The van der Waals surface area contributed by atoms with E-state index in [0.29, 0.717) is 0 Å². The molecule has 1 aliphatic heterocycles. The Hall–Kier alpha value is -2.87.